The number of nitrogens with zero attached hydrogens (tertiary/aromatic N) is 2. The molecule has 104 valence electrons. The molecule has 1 N–H and O–H groups in total. The number of anilines is 1. The average Bonchev–Trinajstić information content (AvgIpc) is 2.38. The number of sulfonamides is 1. The Labute approximate surface area is 120 Å². The molecule has 0 unspecified atom stereocenters. The molecule has 0 saturated heterocycles. The zero-order valence-corrected chi connectivity index (χ0v) is 11.9. The van der Waals surface area contributed by atoms with Gasteiger partial charge in [0.2, 0.25) is 5.95 Å². The van der Waals surface area contributed by atoms with E-state index in [9.17, 15) is 13.2 Å². The van der Waals surface area contributed by atoms with Crippen molar-refractivity contribution >= 4 is 33.4 Å². The summed E-state index contributed by atoms with van der Waals surface area (Å²) in [5.41, 5.74) is 0.433. The molecule has 0 spiro atoms. The van der Waals surface area contributed by atoms with Crippen LogP contribution >= 0.6 is 11.6 Å². The van der Waals surface area contributed by atoms with Crippen LogP contribution in [0, 0.1) is 0 Å². The van der Waals surface area contributed by atoms with Gasteiger partial charge in [0.25, 0.3) is 10.0 Å². The minimum Gasteiger partial charge on any atom is -0.295 e. The first-order chi connectivity index (χ1) is 9.38. The summed E-state index contributed by atoms with van der Waals surface area (Å²) in [4.78, 5) is 18.6. The third-order valence-corrected chi connectivity index (χ3v) is 3.97. The van der Waals surface area contributed by atoms with Crippen molar-refractivity contribution in [1.82, 2.24) is 9.97 Å². The number of rotatable bonds is 4. The van der Waals surface area contributed by atoms with E-state index >= 15 is 0 Å². The van der Waals surface area contributed by atoms with Crippen LogP contribution in [-0.4, -0.2) is 24.2 Å². The normalized spacial score (nSPS) is 11.1. The number of carbonyl (C=O) groups is 1. The largest absolute Gasteiger partial charge is 0.295 e. The first-order valence-corrected chi connectivity index (χ1v) is 7.37. The zero-order chi connectivity index (χ0) is 14.8. The van der Waals surface area contributed by atoms with Crippen molar-refractivity contribution in [1.29, 1.82) is 0 Å². The number of ketones is 1. The first-order valence-electron chi connectivity index (χ1n) is 5.51. The second-order valence-electron chi connectivity index (χ2n) is 3.89. The van der Waals surface area contributed by atoms with Gasteiger partial charge in [-0.3, -0.25) is 4.79 Å². The summed E-state index contributed by atoms with van der Waals surface area (Å²) in [6.07, 6.45) is 1.34. The molecule has 0 atom stereocenters. The summed E-state index contributed by atoms with van der Waals surface area (Å²) >= 11 is 5.65. The molecule has 0 aliphatic carbocycles. The predicted molar refractivity (Wildman–Crippen MR) is 74.3 cm³/mol. The van der Waals surface area contributed by atoms with Crippen molar-refractivity contribution in [3.63, 3.8) is 0 Å². The van der Waals surface area contributed by atoms with Gasteiger partial charge < -0.3 is 0 Å². The van der Waals surface area contributed by atoms with E-state index < -0.39 is 10.0 Å². The third-order valence-electron chi connectivity index (χ3n) is 2.42. The fraction of sp³-hybridized carbons (Fsp3) is 0.0833. The standard InChI is InChI=1S/C12H10ClN3O3S/c1-8(17)9-2-4-10(5-3-9)20(18,19)16-12-14-7-6-11(13)15-12/h2-7H,1H3,(H,14,15,16). The van der Waals surface area contributed by atoms with Crippen LogP contribution in [0.3, 0.4) is 0 Å². The Bertz CT molecular complexity index is 745. The van der Waals surface area contributed by atoms with Gasteiger partial charge in [-0.1, -0.05) is 23.7 Å². The molecule has 1 aromatic carbocycles. The number of Topliss-reactive ketones (excluding diaryl/α,β-unsaturated/α-hetero) is 1. The minimum absolute atomic E-state index is 0.00563. The Morgan fingerprint density at radius 3 is 2.40 bits per heavy atom. The fourth-order valence-electron chi connectivity index (χ4n) is 1.43. The van der Waals surface area contributed by atoms with Crippen molar-refractivity contribution in [3.8, 4) is 0 Å². The van der Waals surface area contributed by atoms with E-state index in [1.807, 2.05) is 0 Å². The van der Waals surface area contributed by atoms with Crippen molar-refractivity contribution in [2.24, 2.45) is 0 Å². The van der Waals surface area contributed by atoms with Crippen LogP contribution < -0.4 is 4.72 Å². The third kappa shape index (κ3) is 3.31. The van der Waals surface area contributed by atoms with Crippen LogP contribution in [0.1, 0.15) is 17.3 Å². The van der Waals surface area contributed by atoms with Gasteiger partial charge in [-0.15, -0.1) is 0 Å². The SMILES string of the molecule is CC(=O)c1ccc(S(=O)(=O)Nc2nccc(Cl)n2)cc1. The van der Waals surface area contributed by atoms with E-state index in [2.05, 4.69) is 14.7 Å². The van der Waals surface area contributed by atoms with Gasteiger partial charge in [-0.05, 0) is 25.1 Å². The van der Waals surface area contributed by atoms with E-state index in [0.29, 0.717) is 5.56 Å². The first kappa shape index (κ1) is 14.4. The highest BCUT2D eigenvalue weighted by atomic mass is 35.5. The molecule has 0 amide bonds. The molecule has 8 heteroatoms. The van der Waals surface area contributed by atoms with Crippen LogP contribution in [-0.2, 0) is 10.0 Å². The molecule has 0 aliphatic heterocycles. The van der Waals surface area contributed by atoms with E-state index in [4.69, 9.17) is 11.6 Å². The van der Waals surface area contributed by atoms with E-state index in [-0.39, 0.29) is 21.8 Å². The molecular weight excluding hydrogens is 302 g/mol. The molecule has 1 heterocycles. The fourth-order valence-corrected chi connectivity index (χ4v) is 2.52. The van der Waals surface area contributed by atoms with E-state index in [0.717, 1.165) is 0 Å². The van der Waals surface area contributed by atoms with Gasteiger partial charge in [-0.2, -0.15) is 0 Å². The van der Waals surface area contributed by atoms with Gasteiger partial charge >= 0.3 is 0 Å². The summed E-state index contributed by atoms with van der Waals surface area (Å²) in [6.45, 7) is 1.40. The number of aromatic nitrogens is 2. The lowest BCUT2D eigenvalue weighted by atomic mass is 10.2. The van der Waals surface area contributed by atoms with Crippen LogP contribution in [0.2, 0.25) is 5.15 Å². The van der Waals surface area contributed by atoms with Crippen molar-refractivity contribution in [2.75, 3.05) is 4.72 Å². The summed E-state index contributed by atoms with van der Waals surface area (Å²) < 4.78 is 26.4. The maximum absolute atomic E-state index is 12.1. The van der Waals surface area contributed by atoms with E-state index in [1.165, 1.54) is 43.5 Å². The molecule has 1 aromatic heterocycles. The zero-order valence-electron chi connectivity index (χ0n) is 10.4. The Morgan fingerprint density at radius 2 is 1.85 bits per heavy atom. The number of hydrogen-bond acceptors (Lipinski definition) is 5. The molecule has 0 saturated carbocycles. The lowest BCUT2D eigenvalue weighted by molar-refractivity contribution is 0.101. The second-order valence-corrected chi connectivity index (χ2v) is 5.96. The number of benzene rings is 1. The monoisotopic (exact) mass is 311 g/mol. The number of halogens is 1. The highest BCUT2D eigenvalue weighted by Crippen LogP contribution is 2.15. The quantitative estimate of drug-likeness (QED) is 0.690. The summed E-state index contributed by atoms with van der Waals surface area (Å²) in [7, 11) is -3.82. The van der Waals surface area contributed by atoms with Crippen LogP contribution in [0.4, 0.5) is 5.95 Å². The summed E-state index contributed by atoms with van der Waals surface area (Å²) in [5, 5.41) is 0.129. The van der Waals surface area contributed by atoms with Crippen molar-refractivity contribution < 1.29 is 13.2 Å². The Balaban J connectivity index is 2.28. The van der Waals surface area contributed by atoms with Crippen LogP contribution in [0.15, 0.2) is 41.4 Å². The molecule has 0 bridgehead atoms. The molecule has 20 heavy (non-hydrogen) atoms. The Morgan fingerprint density at radius 1 is 1.20 bits per heavy atom. The minimum atomic E-state index is -3.82. The molecule has 0 fully saturated rings. The van der Waals surface area contributed by atoms with Gasteiger partial charge in [-0.25, -0.2) is 23.1 Å². The molecular formula is C12H10ClN3O3S. The van der Waals surface area contributed by atoms with Crippen molar-refractivity contribution in [2.45, 2.75) is 11.8 Å². The van der Waals surface area contributed by atoms with Gasteiger partial charge in [0.15, 0.2) is 5.78 Å². The summed E-state index contributed by atoms with van der Waals surface area (Å²) in [6, 6.07) is 6.99. The lowest BCUT2D eigenvalue weighted by Gasteiger charge is -2.06. The van der Waals surface area contributed by atoms with Gasteiger partial charge in [0, 0.05) is 11.8 Å². The smallest absolute Gasteiger partial charge is 0.264 e. The van der Waals surface area contributed by atoms with Crippen LogP contribution in [0.5, 0.6) is 0 Å². The average molecular weight is 312 g/mol. The highest BCUT2D eigenvalue weighted by Gasteiger charge is 2.16. The Hall–Kier alpha value is -1.99. The lowest BCUT2D eigenvalue weighted by Crippen LogP contribution is -2.15. The number of carbonyl (C=O) groups excluding carboxylic acids is 1. The number of nitrogens with one attached hydrogen (secondary N) is 1. The highest BCUT2D eigenvalue weighted by molar-refractivity contribution is 7.92. The van der Waals surface area contributed by atoms with Crippen molar-refractivity contribution in [3.05, 3.63) is 47.2 Å². The maximum Gasteiger partial charge on any atom is 0.264 e. The molecule has 2 aromatic rings. The van der Waals surface area contributed by atoms with Crippen LogP contribution in [0.25, 0.3) is 0 Å². The molecule has 6 nitrogen and oxygen atoms in total. The predicted octanol–water partition coefficient (Wildman–Crippen LogP) is 2.13. The maximum atomic E-state index is 12.1. The molecule has 0 aliphatic rings. The molecule has 2 rings (SSSR count). The number of hydrogen-bond donors (Lipinski definition) is 1. The molecule has 0 radical (unpaired) electrons. The van der Waals surface area contributed by atoms with E-state index in [1.54, 1.807) is 0 Å². The Kier molecular flexibility index (Phi) is 4.01. The van der Waals surface area contributed by atoms with Gasteiger partial charge in [0.1, 0.15) is 5.15 Å². The van der Waals surface area contributed by atoms with Gasteiger partial charge in [0.05, 0.1) is 4.90 Å². The topological polar surface area (TPSA) is 89.0 Å². The summed E-state index contributed by atoms with van der Waals surface area (Å²) in [5.74, 6) is -0.256. The second kappa shape index (κ2) is 5.56.